The quantitative estimate of drug-likeness (QED) is 0.0197. The van der Waals surface area contributed by atoms with Crippen molar-refractivity contribution in [3.8, 4) is 0 Å². The summed E-state index contributed by atoms with van der Waals surface area (Å²) in [6, 6.07) is -0.849. The van der Waals surface area contributed by atoms with Crippen molar-refractivity contribution in [2.75, 3.05) is 39.3 Å². The fourth-order valence-electron chi connectivity index (χ4n) is 6.27. The van der Waals surface area contributed by atoms with Crippen molar-refractivity contribution in [3.63, 3.8) is 0 Å². The van der Waals surface area contributed by atoms with Gasteiger partial charge in [-0.3, -0.25) is 14.4 Å². The molecule has 16 heteroatoms. The standard InChI is InChI=1S/C38H79B2N9O5/c1-26(2)22-28(5)35(51)45-33(23-27(3)4)36(52)44-32(14-12-13-18-41)24-42-25-34(50)43-19-15-31(16-20-48(39)37(8,9)29(6)46-53)17-21-49(40)38(10,11)30(7)47-54/h26-28,31-33,42,53-54H,12-25,39-41H2,1-11H3,(H,43,50)(H,44,52)(H,45,51)/b46-29+,47-30+/t28-,32-,33-/m0/s1. The second kappa shape index (κ2) is 26.2. The largest absolute Gasteiger partial charge is 0.411 e. The molecule has 0 radical (unpaired) electrons. The molecule has 312 valence electrons. The van der Waals surface area contributed by atoms with Gasteiger partial charge in [-0.05, 0) is 124 Å². The molecule has 3 amide bonds. The van der Waals surface area contributed by atoms with Gasteiger partial charge in [0.25, 0.3) is 0 Å². The van der Waals surface area contributed by atoms with Gasteiger partial charge in [0.15, 0.2) is 16.0 Å². The molecule has 3 atom stereocenters. The predicted molar refractivity (Wildman–Crippen MR) is 227 cm³/mol. The fourth-order valence-corrected chi connectivity index (χ4v) is 6.27. The monoisotopic (exact) mass is 764 g/mol. The average Bonchev–Trinajstić information content (AvgIpc) is 3.10. The minimum Gasteiger partial charge on any atom is -0.411 e. The molecular formula is C38H79B2N9O5. The van der Waals surface area contributed by atoms with E-state index in [1.807, 2.05) is 78.3 Å². The van der Waals surface area contributed by atoms with Crippen LogP contribution in [-0.4, -0.2) is 128 Å². The smallest absolute Gasteiger partial charge is 0.242 e. The molecule has 0 aliphatic rings. The molecule has 0 aromatic heterocycles. The predicted octanol–water partition coefficient (Wildman–Crippen LogP) is 2.26. The van der Waals surface area contributed by atoms with Gasteiger partial charge in [-0.2, -0.15) is 0 Å². The maximum atomic E-state index is 13.5. The minimum absolute atomic E-state index is 0.106. The molecule has 8 N–H and O–H groups in total. The van der Waals surface area contributed by atoms with Crippen LogP contribution < -0.4 is 27.0 Å². The summed E-state index contributed by atoms with van der Waals surface area (Å²) in [6.07, 6.45) is 6.20. The van der Waals surface area contributed by atoms with E-state index >= 15 is 0 Å². The van der Waals surface area contributed by atoms with Crippen LogP contribution in [0.4, 0.5) is 0 Å². The number of nitrogens with one attached hydrogen (secondary N) is 4. The summed E-state index contributed by atoms with van der Waals surface area (Å²) < 4.78 is 0. The lowest BCUT2D eigenvalue weighted by Crippen LogP contribution is -2.53. The highest BCUT2D eigenvalue weighted by Crippen LogP contribution is 2.22. The van der Waals surface area contributed by atoms with Gasteiger partial charge in [0.2, 0.25) is 17.7 Å². The molecule has 0 aromatic carbocycles. The summed E-state index contributed by atoms with van der Waals surface area (Å²) in [6.45, 7) is 25.0. The van der Waals surface area contributed by atoms with Crippen molar-refractivity contribution in [1.82, 2.24) is 30.9 Å². The highest BCUT2D eigenvalue weighted by Gasteiger charge is 2.30. The fraction of sp³-hybridized carbons (Fsp3) is 0.868. The van der Waals surface area contributed by atoms with Crippen LogP contribution in [-0.2, 0) is 14.4 Å². The number of nitrogens with zero attached hydrogens (tertiary/aromatic N) is 4. The van der Waals surface area contributed by atoms with Crippen molar-refractivity contribution in [2.45, 2.75) is 151 Å². The molecule has 0 rings (SSSR count). The number of carbonyl (C=O) groups is 3. The Morgan fingerprint density at radius 3 is 1.74 bits per heavy atom. The van der Waals surface area contributed by atoms with Gasteiger partial charge in [0.1, 0.15) is 6.04 Å². The zero-order valence-corrected chi connectivity index (χ0v) is 36.3. The lowest BCUT2D eigenvalue weighted by Gasteiger charge is -2.38. The summed E-state index contributed by atoms with van der Waals surface area (Å²) in [5.74, 6) is 0.277. The molecule has 0 spiro atoms. The maximum absolute atomic E-state index is 13.5. The Kier molecular flexibility index (Phi) is 24.9. The zero-order valence-electron chi connectivity index (χ0n) is 36.3. The molecular weight excluding hydrogens is 684 g/mol. The minimum atomic E-state index is -0.629. The third-order valence-electron chi connectivity index (χ3n) is 11.2. The summed E-state index contributed by atoms with van der Waals surface area (Å²) >= 11 is 0. The van der Waals surface area contributed by atoms with E-state index in [0.717, 1.165) is 51.6 Å². The van der Waals surface area contributed by atoms with Crippen LogP contribution in [0.2, 0.25) is 0 Å². The van der Waals surface area contributed by atoms with Gasteiger partial charge in [-0.1, -0.05) is 51.4 Å². The number of amides is 3. The van der Waals surface area contributed by atoms with Crippen LogP contribution in [0.3, 0.4) is 0 Å². The second-order valence-corrected chi connectivity index (χ2v) is 17.3. The Morgan fingerprint density at radius 2 is 1.28 bits per heavy atom. The van der Waals surface area contributed by atoms with Crippen molar-refractivity contribution in [2.24, 2.45) is 39.7 Å². The van der Waals surface area contributed by atoms with Crippen LogP contribution in [0.15, 0.2) is 10.3 Å². The summed E-state index contributed by atoms with van der Waals surface area (Å²) in [5, 5.41) is 38.1. The lowest BCUT2D eigenvalue weighted by atomic mass is 9.89. The number of nitrogens with two attached hydrogens (primary N) is 1. The van der Waals surface area contributed by atoms with Gasteiger partial charge in [-0.25, -0.2) is 0 Å². The van der Waals surface area contributed by atoms with E-state index in [0.29, 0.717) is 55.7 Å². The molecule has 0 saturated heterocycles. The summed E-state index contributed by atoms with van der Waals surface area (Å²) in [4.78, 5) is 43.8. The number of oxime groups is 2. The lowest BCUT2D eigenvalue weighted by molar-refractivity contribution is -0.131. The van der Waals surface area contributed by atoms with Gasteiger partial charge in [-0.15, -0.1) is 0 Å². The molecule has 54 heavy (non-hydrogen) atoms. The number of hydrogen-bond acceptors (Lipinski definition) is 11. The molecule has 0 heterocycles. The molecule has 0 fully saturated rings. The maximum Gasteiger partial charge on any atom is 0.242 e. The summed E-state index contributed by atoms with van der Waals surface area (Å²) in [7, 11) is 4.05. The van der Waals surface area contributed by atoms with Gasteiger partial charge in [0.05, 0.1) is 18.0 Å². The normalized spacial score (nSPS) is 14.9. The third kappa shape index (κ3) is 19.8. The summed E-state index contributed by atoms with van der Waals surface area (Å²) in [5.41, 5.74) is 6.19. The van der Waals surface area contributed by atoms with Crippen molar-refractivity contribution in [3.05, 3.63) is 0 Å². The molecule has 0 saturated carbocycles. The van der Waals surface area contributed by atoms with E-state index in [2.05, 4.69) is 55.0 Å². The topological polar surface area (TPSA) is 197 Å². The number of unbranched alkanes of at least 4 members (excludes halogenated alkanes) is 1. The number of carbonyl (C=O) groups excluding carboxylic acids is 3. The molecule has 0 bridgehead atoms. The molecule has 0 aliphatic heterocycles. The van der Waals surface area contributed by atoms with Gasteiger partial charge >= 0.3 is 0 Å². The first-order valence-electron chi connectivity index (χ1n) is 20.2. The molecule has 14 nitrogen and oxygen atoms in total. The van der Waals surface area contributed by atoms with E-state index in [1.54, 1.807) is 0 Å². The third-order valence-corrected chi connectivity index (χ3v) is 11.2. The Hall–Kier alpha value is -2.68. The highest BCUT2D eigenvalue weighted by atomic mass is 16.4. The van der Waals surface area contributed by atoms with Crippen molar-refractivity contribution < 1.29 is 24.8 Å². The molecule has 0 aliphatic carbocycles. The Morgan fingerprint density at radius 1 is 0.759 bits per heavy atom. The van der Waals surface area contributed by atoms with E-state index < -0.39 is 17.1 Å². The van der Waals surface area contributed by atoms with E-state index in [-0.39, 0.29) is 42.1 Å². The first-order valence-corrected chi connectivity index (χ1v) is 20.2. The van der Waals surface area contributed by atoms with Crippen molar-refractivity contribution in [1.29, 1.82) is 0 Å². The van der Waals surface area contributed by atoms with Crippen LogP contribution in [0.25, 0.3) is 0 Å². The Bertz CT molecular complexity index is 1130. The van der Waals surface area contributed by atoms with Crippen LogP contribution in [0, 0.1) is 23.7 Å². The first-order chi connectivity index (χ1) is 25.1. The highest BCUT2D eigenvalue weighted by molar-refractivity contribution is 6.08. The number of rotatable bonds is 29. The zero-order chi connectivity index (χ0) is 41.6. The first kappa shape index (κ1) is 51.3. The SMILES string of the molecule is BN(CCC(CCNC(=O)CNC[C@H](CCCCN)NC(=O)[C@H](CC(C)C)NC(=O)[C@@H](C)CC(C)C)CCN(B)C(C)(C)/C(C)=N/O)C(C)(C)/C(C)=N/O. The number of hydrogen-bond donors (Lipinski definition) is 7. The van der Waals surface area contributed by atoms with Crippen LogP contribution in [0.5, 0.6) is 0 Å². The van der Waals surface area contributed by atoms with Crippen LogP contribution >= 0.6 is 0 Å². The van der Waals surface area contributed by atoms with Crippen LogP contribution in [0.1, 0.15) is 128 Å². The van der Waals surface area contributed by atoms with Gasteiger partial charge in [0, 0.05) is 36.1 Å². The van der Waals surface area contributed by atoms with E-state index in [4.69, 9.17) is 5.73 Å². The molecule has 0 aromatic rings. The van der Waals surface area contributed by atoms with E-state index in [1.165, 1.54) is 0 Å². The van der Waals surface area contributed by atoms with Gasteiger partial charge < -0.3 is 47.0 Å². The second-order valence-electron chi connectivity index (χ2n) is 17.3. The Balaban J connectivity index is 5.45. The molecule has 0 unspecified atom stereocenters. The van der Waals surface area contributed by atoms with E-state index in [9.17, 15) is 24.8 Å². The van der Waals surface area contributed by atoms with Crippen molar-refractivity contribution >= 4 is 45.1 Å². The Labute approximate surface area is 329 Å². The average molecular weight is 764 g/mol.